The number of ether oxygens (including phenoxy) is 1. The van der Waals surface area contributed by atoms with Crippen LogP contribution in [0.5, 0.6) is 5.75 Å². The van der Waals surface area contributed by atoms with Gasteiger partial charge in [-0.05, 0) is 59.2 Å². The number of hydrogen-bond donors (Lipinski definition) is 1. The number of amides is 1. The van der Waals surface area contributed by atoms with E-state index in [4.69, 9.17) is 4.74 Å². The molecule has 0 bridgehead atoms. The van der Waals surface area contributed by atoms with Crippen LogP contribution in [0.1, 0.15) is 48.0 Å². The van der Waals surface area contributed by atoms with Crippen LogP contribution in [0.15, 0.2) is 54.9 Å². The largest absolute Gasteiger partial charge is 0.497 e. The molecule has 4 rings (SSSR count). The molecular formula is C22H25N5O2. The van der Waals surface area contributed by atoms with Gasteiger partial charge >= 0.3 is 0 Å². The predicted molar refractivity (Wildman–Crippen MR) is 109 cm³/mol. The summed E-state index contributed by atoms with van der Waals surface area (Å²) in [5.41, 5.74) is 2.58. The number of rotatable bonds is 6. The predicted octanol–water partition coefficient (Wildman–Crippen LogP) is 3.30. The highest BCUT2D eigenvalue weighted by Crippen LogP contribution is 2.39. The van der Waals surface area contributed by atoms with E-state index in [0.717, 1.165) is 24.3 Å². The number of nitrogens with one attached hydrogen (secondary N) is 1. The summed E-state index contributed by atoms with van der Waals surface area (Å²) < 4.78 is 6.84. The summed E-state index contributed by atoms with van der Waals surface area (Å²) in [5, 5.41) is 14.4. The zero-order valence-electron chi connectivity index (χ0n) is 16.5. The minimum Gasteiger partial charge on any atom is -0.497 e. The highest BCUT2D eigenvalue weighted by Gasteiger charge is 2.34. The third-order valence-corrected chi connectivity index (χ3v) is 5.82. The van der Waals surface area contributed by atoms with Crippen LogP contribution in [-0.4, -0.2) is 39.8 Å². The summed E-state index contributed by atoms with van der Waals surface area (Å²) in [5.74, 6) is 0.765. The Bertz CT molecular complexity index is 948. The average Bonchev–Trinajstić information content (AvgIpc) is 3.33. The number of tetrazole rings is 1. The Morgan fingerprint density at radius 3 is 2.62 bits per heavy atom. The summed E-state index contributed by atoms with van der Waals surface area (Å²) in [6, 6.07) is 15.6. The summed E-state index contributed by atoms with van der Waals surface area (Å²) in [6.07, 6.45) is 7.26. The van der Waals surface area contributed by atoms with Gasteiger partial charge in [0.2, 0.25) is 0 Å². The Morgan fingerprint density at radius 2 is 1.93 bits per heavy atom. The number of nitrogens with zero attached hydrogens (tertiary/aromatic N) is 4. The highest BCUT2D eigenvalue weighted by atomic mass is 16.5. The van der Waals surface area contributed by atoms with E-state index in [0.29, 0.717) is 12.1 Å². The molecule has 29 heavy (non-hydrogen) atoms. The van der Waals surface area contributed by atoms with Gasteiger partial charge < -0.3 is 10.1 Å². The molecule has 2 aromatic carbocycles. The van der Waals surface area contributed by atoms with Gasteiger partial charge in [-0.3, -0.25) is 4.79 Å². The molecule has 7 nitrogen and oxygen atoms in total. The topological polar surface area (TPSA) is 81.9 Å². The van der Waals surface area contributed by atoms with E-state index in [1.54, 1.807) is 13.2 Å². The molecule has 0 unspecified atom stereocenters. The zero-order valence-corrected chi connectivity index (χ0v) is 16.5. The zero-order chi connectivity index (χ0) is 20.1. The van der Waals surface area contributed by atoms with E-state index in [-0.39, 0.29) is 11.3 Å². The van der Waals surface area contributed by atoms with Crippen molar-refractivity contribution >= 4 is 5.91 Å². The molecule has 3 aromatic rings. The van der Waals surface area contributed by atoms with Gasteiger partial charge in [0.15, 0.2) is 0 Å². The van der Waals surface area contributed by atoms with E-state index in [9.17, 15) is 4.79 Å². The Morgan fingerprint density at radius 1 is 1.14 bits per heavy atom. The number of hydrogen-bond acceptors (Lipinski definition) is 5. The van der Waals surface area contributed by atoms with Gasteiger partial charge in [0.25, 0.3) is 5.91 Å². The van der Waals surface area contributed by atoms with E-state index >= 15 is 0 Å². The maximum absolute atomic E-state index is 12.9. The molecular weight excluding hydrogens is 366 g/mol. The number of aromatic nitrogens is 4. The molecule has 1 aliphatic carbocycles. The molecule has 1 fully saturated rings. The van der Waals surface area contributed by atoms with Crippen molar-refractivity contribution in [1.29, 1.82) is 0 Å². The van der Waals surface area contributed by atoms with Crippen LogP contribution in [0.25, 0.3) is 5.69 Å². The van der Waals surface area contributed by atoms with Crippen molar-refractivity contribution in [2.45, 2.75) is 37.5 Å². The van der Waals surface area contributed by atoms with Crippen LogP contribution >= 0.6 is 0 Å². The third-order valence-electron chi connectivity index (χ3n) is 5.82. The number of carbonyl (C=O) groups is 1. The second-order valence-corrected chi connectivity index (χ2v) is 7.56. The Kier molecular flexibility index (Phi) is 5.55. The van der Waals surface area contributed by atoms with Crippen molar-refractivity contribution in [2.75, 3.05) is 13.7 Å². The summed E-state index contributed by atoms with van der Waals surface area (Å²) in [7, 11) is 1.68. The molecule has 0 spiro atoms. The van der Waals surface area contributed by atoms with Gasteiger partial charge in [0, 0.05) is 17.5 Å². The molecule has 1 heterocycles. The van der Waals surface area contributed by atoms with Crippen LogP contribution in [0.4, 0.5) is 0 Å². The van der Waals surface area contributed by atoms with E-state index in [1.165, 1.54) is 35.8 Å². The SMILES string of the molecule is COc1ccc(C2(CNC(=O)c3cccc(-n4cnnn4)c3)CCCCC2)cc1. The quantitative estimate of drug-likeness (QED) is 0.697. The van der Waals surface area contributed by atoms with Gasteiger partial charge in [0.1, 0.15) is 12.1 Å². The van der Waals surface area contributed by atoms with Gasteiger partial charge in [-0.25, -0.2) is 4.68 Å². The molecule has 0 atom stereocenters. The van der Waals surface area contributed by atoms with E-state index < -0.39 is 0 Å². The van der Waals surface area contributed by atoms with Crippen LogP contribution in [0.3, 0.4) is 0 Å². The van der Waals surface area contributed by atoms with Crippen molar-refractivity contribution in [2.24, 2.45) is 0 Å². The van der Waals surface area contributed by atoms with Crippen molar-refractivity contribution in [3.63, 3.8) is 0 Å². The van der Waals surface area contributed by atoms with Crippen LogP contribution in [0, 0.1) is 0 Å². The molecule has 1 saturated carbocycles. The molecule has 1 N–H and O–H groups in total. The summed E-state index contributed by atoms with van der Waals surface area (Å²) in [4.78, 5) is 12.9. The first-order valence-corrected chi connectivity index (χ1v) is 9.96. The Balaban J connectivity index is 1.51. The maximum Gasteiger partial charge on any atom is 0.251 e. The smallest absolute Gasteiger partial charge is 0.251 e. The van der Waals surface area contributed by atoms with E-state index in [1.807, 2.05) is 30.3 Å². The number of methoxy groups -OCH3 is 1. The average molecular weight is 391 g/mol. The van der Waals surface area contributed by atoms with Gasteiger partial charge in [-0.15, -0.1) is 5.10 Å². The van der Waals surface area contributed by atoms with Crippen molar-refractivity contribution in [1.82, 2.24) is 25.5 Å². The first-order chi connectivity index (χ1) is 14.2. The lowest BCUT2D eigenvalue weighted by Gasteiger charge is -2.38. The Hall–Kier alpha value is -3.22. The second kappa shape index (κ2) is 8.43. The molecule has 7 heteroatoms. The lowest BCUT2D eigenvalue weighted by Crippen LogP contribution is -2.42. The van der Waals surface area contributed by atoms with Crippen molar-refractivity contribution in [3.8, 4) is 11.4 Å². The fourth-order valence-corrected chi connectivity index (χ4v) is 4.16. The minimum absolute atomic E-state index is 0.0341. The summed E-state index contributed by atoms with van der Waals surface area (Å²) >= 11 is 0. The normalized spacial score (nSPS) is 15.6. The third kappa shape index (κ3) is 4.13. The van der Waals surface area contributed by atoms with Gasteiger partial charge in [-0.2, -0.15) is 0 Å². The maximum atomic E-state index is 12.9. The van der Waals surface area contributed by atoms with Crippen molar-refractivity contribution in [3.05, 3.63) is 66.0 Å². The molecule has 150 valence electrons. The lowest BCUT2D eigenvalue weighted by molar-refractivity contribution is 0.0936. The fraction of sp³-hybridized carbons (Fsp3) is 0.364. The fourth-order valence-electron chi connectivity index (χ4n) is 4.16. The van der Waals surface area contributed by atoms with Crippen molar-refractivity contribution < 1.29 is 9.53 Å². The van der Waals surface area contributed by atoms with Crippen LogP contribution < -0.4 is 10.1 Å². The molecule has 1 aromatic heterocycles. The highest BCUT2D eigenvalue weighted by molar-refractivity contribution is 5.94. The van der Waals surface area contributed by atoms with Crippen LogP contribution in [0.2, 0.25) is 0 Å². The van der Waals surface area contributed by atoms with E-state index in [2.05, 4.69) is 33.0 Å². The Labute approximate surface area is 170 Å². The van der Waals surface area contributed by atoms with Gasteiger partial charge in [0.05, 0.1) is 12.8 Å². The minimum atomic E-state index is -0.0848. The van der Waals surface area contributed by atoms with Gasteiger partial charge in [-0.1, -0.05) is 37.5 Å². The molecule has 0 aliphatic heterocycles. The monoisotopic (exact) mass is 391 g/mol. The molecule has 1 amide bonds. The summed E-state index contributed by atoms with van der Waals surface area (Å²) in [6.45, 7) is 0.618. The number of benzene rings is 2. The standard InChI is InChI=1S/C22H25N5O2/c1-29-20-10-8-18(9-11-20)22(12-3-2-4-13-22)15-23-21(28)17-6-5-7-19(14-17)27-16-24-25-26-27/h5-11,14,16H,2-4,12-13,15H2,1H3,(H,23,28). The first kappa shape index (κ1) is 19.1. The lowest BCUT2D eigenvalue weighted by atomic mass is 9.69. The number of carbonyl (C=O) groups excluding carboxylic acids is 1. The van der Waals surface area contributed by atoms with Crippen LogP contribution in [-0.2, 0) is 5.41 Å². The first-order valence-electron chi connectivity index (χ1n) is 9.96. The second-order valence-electron chi connectivity index (χ2n) is 7.56. The molecule has 1 aliphatic rings. The molecule has 0 radical (unpaired) electrons. The molecule has 0 saturated heterocycles.